The van der Waals surface area contributed by atoms with Crippen molar-refractivity contribution in [2.24, 2.45) is 0 Å². The number of hydrogen-bond donors (Lipinski definition) is 1. The highest BCUT2D eigenvalue weighted by atomic mass is 35.5. The van der Waals surface area contributed by atoms with Gasteiger partial charge in [-0.1, -0.05) is 62.1 Å². The van der Waals surface area contributed by atoms with Crippen molar-refractivity contribution in [3.63, 3.8) is 0 Å². The zero-order valence-corrected chi connectivity index (χ0v) is 19.7. The summed E-state index contributed by atoms with van der Waals surface area (Å²) in [5, 5.41) is 3.85. The number of ether oxygens (including phenoxy) is 1. The van der Waals surface area contributed by atoms with E-state index in [4.69, 9.17) is 16.3 Å². The quantitative estimate of drug-likeness (QED) is 0.567. The van der Waals surface area contributed by atoms with Crippen LogP contribution in [0.4, 0.5) is 0 Å². The maximum atomic E-state index is 13.4. The maximum Gasteiger partial charge on any atom is 0.243 e. The van der Waals surface area contributed by atoms with Crippen LogP contribution in [0.25, 0.3) is 0 Å². The van der Waals surface area contributed by atoms with Gasteiger partial charge in [0.25, 0.3) is 0 Å². The molecule has 5 nitrogen and oxygen atoms in total. The molecule has 2 aromatic rings. The number of carbonyl (C=O) groups is 2. The number of carbonyl (C=O) groups excluding carboxylic acids is 2. The van der Waals surface area contributed by atoms with Crippen LogP contribution >= 0.6 is 11.6 Å². The average Bonchev–Trinajstić information content (AvgIpc) is 2.81. The van der Waals surface area contributed by atoms with Gasteiger partial charge in [0.05, 0.1) is 13.5 Å². The van der Waals surface area contributed by atoms with Gasteiger partial charge in [-0.25, -0.2) is 0 Å². The van der Waals surface area contributed by atoms with Crippen LogP contribution in [0, 0.1) is 0 Å². The van der Waals surface area contributed by atoms with Gasteiger partial charge in [-0.05, 0) is 54.7 Å². The molecule has 3 rings (SSSR count). The van der Waals surface area contributed by atoms with E-state index in [0.717, 1.165) is 42.6 Å². The van der Waals surface area contributed by atoms with E-state index in [1.54, 1.807) is 12.0 Å². The molecule has 1 fully saturated rings. The lowest BCUT2D eigenvalue weighted by Crippen LogP contribution is -2.51. The number of nitrogens with zero attached hydrogens (tertiary/aromatic N) is 1. The van der Waals surface area contributed by atoms with Gasteiger partial charge in [-0.2, -0.15) is 0 Å². The number of nitrogens with one attached hydrogen (secondary N) is 1. The molecular formula is C26H33ClN2O3. The number of methoxy groups -OCH3 is 1. The fourth-order valence-electron chi connectivity index (χ4n) is 4.27. The van der Waals surface area contributed by atoms with E-state index in [9.17, 15) is 9.59 Å². The van der Waals surface area contributed by atoms with Gasteiger partial charge in [0, 0.05) is 17.6 Å². The Morgan fingerprint density at radius 1 is 1.03 bits per heavy atom. The third-order valence-electron chi connectivity index (χ3n) is 6.12. The number of hydrogen-bond acceptors (Lipinski definition) is 3. The molecule has 0 aromatic heterocycles. The topological polar surface area (TPSA) is 58.6 Å². The lowest BCUT2D eigenvalue weighted by atomic mass is 9.95. The first-order valence-corrected chi connectivity index (χ1v) is 11.8. The molecule has 1 saturated carbocycles. The molecule has 0 bridgehead atoms. The highest BCUT2D eigenvalue weighted by Crippen LogP contribution is 2.20. The maximum absolute atomic E-state index is 13.4. The van der Waals surface area contributed by atoms with Crippen molar-refractivity contribution in [3.05, 3.63) is 64.7 Å². The molecular weight excluding hydrogens is 424 g/mol. The first kappa shape index (κ1) is 24.1. The van der Waals surface area contributed by atoms with Crippen LogP contribution < -0.4 is 10.1 Å². The molecule has 172 valence electrons. The lowest BCUT2D eigenvalue weighted by Gasteiger charge is -2.33. The van der Waals surface area contributed by atoms with Crippen LogP contribution in [0.3, 0.4) is 0 Å². The first-order chi connectivity index (χ1) is 15.5. The minimum Gasteiger partial charge on any atom is -0.497 e. The Labute approximate surface area is 196 Å². The molecule has 1 atom stereocenters. The van der Waals surface area contributed by atoms with Gasteiger partial charge in [0.2, 0.25) is 11.8 Å². The number of benzene rings is 2. The summed E-state index contributed by atoms with van der Waals surface area (Å²) in [6.07, 6.45) is 6.33. The second-order valence-corrected chi connectivity index (χ2v) is 8.88. The van der Waals surface area contributed by atoms with E-state index in [0.29, 0.717) is 18.0 Å². The zero-order chi connectivity index (χ0) is 22.9. The molecule has 1 aliphatic carbocycles. The van der Waals surface area contributed by atoms with E-state index in [1.165, 1.54) is 6.42 Å². The number of amides is 2. The predicted molar refractivity (Wildman–Crippen MR) is 128 cm³/mol. The fourth-order valence-corrected chi connectivity index (χ4v) is 4.40. The van der Waals surface area contributed by atoms with Crippen molar-refractivity contribution in [2.45, 2.75) is 70.5 Å². The van der Waals surface area contributed by atoms with Crippen molar-refractivity contribution < 1.29 is 14.3 Å². The van der Waals surface area contributed by atoms with Gasteiger partial charge in [-0.15, -0.1) is 0 Å². The Bertz CT molecular complexity index is 877. The fraction of sp³-hybridized carbons (Fsp3) is 0.462. The van der Waals surface area contributed by atoms with Crippen molar-refractivity contribution in [3.8, 4) is 5.75 Å². The molecule has 6 heteroatoms. The summed E-state index contributed by atoms with van der Waals surface area (Å²) >= 11 is 6.04. The average molecular weight is 457 g/mol. The minimum absolute atomic E-state index is 0.0588. The second-order valence-electron chi connectivity index (χ2n) is 8.44. The molecule has 1 N–H and O–H groups in total. The van der Waals surface area contributed by atoms with E-state index in [2.05, 4.69) is 5.32 Å². The molecule has 1 unspecified atom stereocenters. The number of rotatable bonds is 9. The van der Waals surface area contributed by atoms with Gasteiger partial charge in [-0.3, -0.25) is 9.59 Å². The van der Waals surface area contributed by atoms with E-state index in [1.807, 2.05) is 55.5 Å². The molecule has 32 heavy (non-hydrogen) atoms. The van der Waals surface area contributed by atoms with Crippen LogP contribution in [0.2, 0.25) is 5.02 Å². The summed E-state index contributed by atoms with van der Waals surface area (Å²) in [4.78, 5) is 28.4. The summed E-state index contributed by atoms with van der Waals surface area (Å²) in [5.74, 6) is 0.615. The van der Waals surface area contributed by atoms with Crippen molar-refractivity contribution in [1.29, 1.82) is 0 Å². The third-order valence-corrected chi connectivity index (χ3v) is 6.37. The van der Waals surface area contributed by atoms with Gasteiger partial charge < -0.3 is 15.0 Å². The smallest absolute Gasteiger partial charge is 0.243 e. The molecule has 1 aliphatic rings. The normalized spacial score (nSPS) is 15.1. The zero-order valence-electron chi connectivity index (χ0n) is 19.0. The molecule has 0 heterocycles. The molecule has 0 spiro atoms. The Hall–Kier alpha value is -2.53. The van der Waals surface area contributed by atoms with Crippen molar-refractivity contribution >= 4 is 23.4 Å². The Morgan fingerprint density at radius 2 is 1.66 bits per heavy atom. The van der Waals surface area contributed by atoms with E-state index < -0.39 is 6.04 Å². The van der Waals surface area contributed by atoms with Crippen LogP contribution in [-0.4, -0.2) is 35.9 Å². The van der Waals surface area contributed by atoms with E-state index in [-0.39, 0.29) is 24.3 Å². The molecule has 0 radical (unpaired) electrons. The first-order valence-electron chi connectivity index (χ1n) is 11.5. The standard InChI is InChI=1S/C26H33ClN2O3/c1-3-24(26(31)28-22-7-5-4-6-8-22)29(18-20-9-13-21(27)14-10-20)25(30)17-19-11-15-23(32-2)16-12-19/h9-16,22,24H,3-8,17-18H2,1-2H3,(H,28,31). The van der Waals surface area contributed by atoms with Crippen molar-refractivity contribution in [2.75, 3.05) is 7.11 Å². The van der Waals surface area contributed by atoms with Crippen molar-refractivity contribution in [1.82, 2.24) is 10.2 Å². The summed E-state index contributed by atoms with van der Waals surface area (Å²) in [6, 6.07) is 14.6. The largest absolute Gasteiger partial charge is 0.497 e. The van der Waals surface area contributed by atoms with Crippen LogP contribution in [0.5, 0.6) is 5.75 Å². The summed E-state index contributed by atoms with van der Waals surface area (Å²) in [5.41, 5.74) is 1.83. The molecule has 0 saturated heterocycles. The van der Waals surface area contributed by atoms with Crippen LogP contribution in [0.1, 0.15) is 56.6 Å². The summed E-state index contributed by atoms with van der Waals surface area (Å²) < 4.78 is 5.21. The Kier molecular flexibility index (Phi) is 8.98. The van der Waals surface area contributed by atoms with Crippen LogP contribution in [0.15, 0.2) is 48.5 Å². The van der Waals surface area contributed by atoms with Crippen LogP contribution in [-0.2, 0) is 22.6 Å². The van der Waals surface area contributed by atoms with Gasteiger partial charge >= 0.3 is 0 Å². The molecule has 2 aromatic carbocycles. The van der Waals surface area contributed by atoms with E-state index >= 15 is 0 Å². The SMILES string of the molecule is CCC(C(=O)NC1CCCCC1)N(Cc1ccc(Cl)cc1)C(=O)Cc1ccc(OC)cc1. The van der Waals surface area contributed by atoms with Gasteiger partial charge in [0.15, 0.2) is 0 Å². The Morgan fingerprint density at radius 3 is 2.25 bits per heavy atom. The number of halogens is 1. The van der Waals surface area contributed by atoms with Gasteiger partial charge in [0.1, 0.15) is 11.8 Å². The second kappa shape index (κ2) is 11.9. The predicted octanol–water partition coefficient (Wildman–Crippen LogP) is 5.15. The Balaban J connectivity index is 1.78. The highest BCUT2D eigenvalue weighted by Gasteiger charge is 2.30. The lowest BCUT2D eigenvalue weighted by molar-refractivity contribution is -0.141. The third kappa shape index (κ3) is 6.73. The summed E-state index contributed by atoms with van der Waals surface area (Å²) in [6.45, 7) is 2.32. The minimum atomic E-state index is -0.515. The summed E-state index contributed by atoms with van der Waals surface area (Å²) in [7, 11) is 1.62. The highest BCUT2D eigenvalue weighted by molar-refractivity contribution is 6.30. The monoisotopic (exact) mass is 456 g/mol. The molecule has 0 aliphatic heterocycles. The molecule has 2 amide bonds.